The number of benzene rings is 1. The highest BCUT2D eigenvalue weighted by atomic mass is 32.2. The summed E-state index contributed by atoms with van der Waals surface area (Å²) < 4.78 is 21.2. The monoisotopic (exact) mass is 230 g/mol. The van der Waals surface area contributed by atoms with Crippen molar-refractivity contribution in [3.63, 3.8) is 0 Å². The number of nitro benzene ring substituents is 1. The molecule has 0 aliphatic carbocycles. The minimum absolute atomic E-state index is 0.639. The maximum atomic E-state index is 10.6. The molecule has 0 amide bonds. The maximum absolute atomic E-state index is 10.6. The third-order valence-electron chi connectivity index (χ3n) is 1.59. The molecule has 7 nitrogen and oxygen atoms in total. The van der Waals surface area contributed by atoms with Crippen molar-refractivity contribution < 1.29 is 23.6 Å². The SMILES string of the molecule is O=C(O)c1cccc(S(=O)[O-])c1[N+](=O)[O-]. The fourth-order valence-corrected chi connectivity index (χ4v) is 1.55. The van der Waals surface area contributed by atoms with Crippen LogP contribution in [0.3, 0.4) is 0 Å². The fourth-order valence-electron chi connectivity index (χ4n) is 1.02. The Hall–Kier alpha value is -1.80. The summed E-state index contributed by atoms with van der Waals surface area (Å²) in [4.78, 5) is 19.4. The minimum Gasteiger partial charge on any atom is -0.768 e. The number of hydrogen-bond donors (Lipinski definition) is 1. The number of rotatable bonds is 3. The van der Waals surface area contributed by atoms with E-state index in [0.717, 1.165) is 18.2 Å². The Morgan fingerprint density at radius 1 is 1.47 bits per heavy atom. The number of nitrogens with zero attached hydrogens (tertiary/aromatic N) is 1. The van der Waals surface area contributed by atoms with Crippen molar-refractivity contribution in [3.8, 4) is 0 Å². The van der Waals surface area contributed by atoms with Crippen LogP contribution in [0.1, 0.15) is 10.4 Å². The molecule has 0 heterocycles. The van der Waals surface area contributed by atoms with Gasteiger partial charge in [-0.1, -0.05) is 6.07 Å². The van der Waals surface area contributed by atoms with Crippen molar-refractivity contribution in [2.75, 3.05) is 0 Å². The Morgan fingerprint density at radius 3 is 2.47 bits per heavy atom. The molecule has 1 aromatic rings. The average molecular weight is 230 g/mol. The van der Waals surface area contributed by atoms with Gasteiger partial charge in [0.25, 0.3) is 5.69 Å². The van der Waals surface area contributed by atoms with E-state index in [1.54, 1.807) is 0 Å². The lowest BCUT2D eigenvalue weighted by Crippen LogP contribution is -2.06. The molecule has 0 aliphatic rings. The maximum Gasteiger partial charge on any atom is 0.342 e. The van der Waals surface area contributed by atoms with Gasteiger partial charge in [-0.05, 0) is 23.2 Å². The zero-order valence-electron chi connectivity index (χ0n) is 7.08. The fraction of sp³-hybridized carbons (Fsp3) is 0. The topological polar surface area (TPSA) is 121 Å². The van der Waals surface area contributed by atoms with Gasteiger partial charge < -0.3 is 9.66 Å². The summed E-state index contributed by atoms with van der Waals surface area (Å²) in [5.74, 6) is -1.55. The predicted octanol–water partition coefficient (Wildman–Crippen LogP) is 0.531. The van der Waals surface area contributed by atoms with E-state index in [4.69, 9.17) is 5.11 Å². The zero-order valence-corrected chi connectivity index (χ0v) is 7.89. The first kappa shape index (κ1) is 11.3. The van der Waals surface area contributed by atoms with Crippen LogP contribution in [0.25, 0.3) is 0 Å². The number of hydrogen-bond acceptors (Lipinski definition) is 5. The van der Waals surface area contributed by atoms with E-state index in [-0.39, 0.29) is 0 Å². The Morgan fingerprint density at radius 2 is 2.07 bits per heavy atom. The van der Waals surface area contributed by atoms with Crippen LogP contribution in [0, 0.1) is 10.1 Å². The van der Waals surface area contributed by atoms with Crippen LogP contribution in [0.4, 0.5) is 5.69 Å². The molecule has 1 unspecified atom stereocenters. The molecule has 0 spiro atoms. The van der Waals surface area contributed by atoms with E-state index >= 15 is 0 Å². The van der Waals surface area contributed by atoms with Crippen LogP contribution < -0.4 is 0 Å². The first-order chi connectivity index (χ1) is 6.95. The van der Waals surface area contributed by atoms with Crippen LogP contribution in [-0.2, 0) is 11.1 Å². The van der Waals surface area contributed by atoms with E-state index in [0.29, 0.717) is 0 Å². The van der Waals surface area contributed by atoms with Gasteiger partial charge in [-0.2, -0.15) is 0 Å². The van der Waals surface area contributed by atoms with Crippen molar-refractivity contribution in [2.45, 2.75) is 4.90 Å². The van der Waals surface area contributed by atoms with Crippen molar-refractivity contribution in [1.82, 2.24) is 0 Å². The Bertz CT molecular complexity index is 425. The summed E-state index contributed by atoms with van der Waals surface area (Å²) in [6.45, 7) is 0. The summed E-state index contributed by atoms with van der Waals surface area (Å²) >= 11 is -2.84. The van der Waals surface area contributed by atoms with Gasteiger partial charge in [0.05, 0.1) is 4.92 Å². The number of carbonyl (C=O) groups is 1. The summed E-state index contributed by atoms with van der Waals surface area (Å²) in [6.07, 6.45) is 0. The normalized spacial score (nSPS) is 12.1. The van der Waals surface area contributed by atoms with Gasteiger partial charge in [0.1, 0.15) is 10.5 Å². The Kier molecular flexibility index (Phi) is 3.12. The molecular weight excluding hydrogens is 226 g/mol. The number of carboxylic acids is 1. The smallest absolute Gasteiger partial charge is 0.342 e. The van der Waals surface area contributed by atoms with Crippen LogP contribution in [-0.4, -0.2) is 24.8 Å². The van der Waals surface area contributed by atoms with Crippen LogP contribution >= 0.6 is 0 Å². The van der Waals surface area contributed by atoms with Crippen LogP contribution in [0.2, 0.25) is 0 Å². The molecule has 1 rings (SSSR count). The van der Waals surface area contributed by atoms with Gasteiger partial charge in [0.2, 0.25) is 0 Å². The minimum atomic E-state index is -2.84. The van der Waals surface area contributed by atoms with Gasteiger partial charge in [-0.15, -0.1) is 0 Å². The Balaban J connectivity index is 3.56. The van der Waals surface area contributed by atoms with Gasteiger partial charge in [-0.25, -0.2) is 4.79 Å². The molecule has 15 heavy (non-hydrogen) atoms. The molecule has 80 valence electrons. The summed E-state index contributed by atoms with van der Waals surface area (Å²) in [7, 11) is 0. The van der Waals surface area contributed by atoms with Gasteiger partial charge in [0.15, 0.2) is 0 Å². The zero-order chi connectivity index (χ0) is 11.6. The lowest BCUT2D eigenvalue weighted by Gasteiger charge is -2.07. The quantitative estimate of drug-likeness (QED) is 0.459. The molecule has 8 heteroatoms. The highest BCUT2D eigenvalue weighted by Gasteiger charge is 2.24. The molecule has 0 radical (unpaired) electrons. The van der Waals surface area contributed by atoms with Crippen molar-refractivity contribution in [3.05, 3.63) is 33.9 Å². The molecule has 1 atom stereocenters. The molecule has 0 aliphatic heterocycles. The van der Waals surface area contributed by atoms with Crippen molar-refractivity contribution >= 4 is 22.7 Å². The molecule has 1 N–H and O–H groups in total. The first-order valence-electron chi connectivity index (χ1n) is 3.55. The second-order valence-electron chi connectivity index (χ2n) is 2.45. The number of nitro groups is 1. The van der Waals surface area contributed by atoms with E-state index in [2.05, 4.69) is 0 Å². The van der Waals surface area contributed by atoms with Gasteiger partial charge in [0, 0.05) is 0 Å². The van der Waals surface area contributed by atoms with Crippen molar-refractivity contribution in [1.29, 1.82) is 0 Å². The third kappa shape index (κ3) is 2.17. The summed E-state index contributed by atoms with van der Waals surface area (Å²) in [6, 6.07) is 3.06. The highest BCUT2D eigenvalue weighted by molar-refractivity contribution is 7.79. The van der Waals surface area contributed by atoms with E-state index in [1.807, 2.05) is 0 Å². The summed E-state index contributed by atoms with van der Waals surface area (Å²) in [5.41, 5.74) is -1.57. The molecule has 0 fully saturated rings. The lowest BCUT2D eigenvalue weighted by molar-refractivity contribution is -0.388. The van der Waals surface area contributed by atoms with Crippen LogP contribution in [0.5, 0.6) is 0 Å². The van der Waals surface area contributed by atoms with Gasteiger partial charge >= 0.3 is 5.97 Å². The van der Waals surface area contributed by atoms with Gasteiger partial charge in [-0.3, -0.25) is 14.3 Å². The van der Waals surface area contributed by atoms with E-state index < -0.39 is 38.1 Å². The average Bonchev–Trinajstić information content (AvgIpc) is 2.16. The highest BCUT2D eigenvalue weighted by Crippen LogP contribution is 2.25. The first-order valence-corrected chi connectivity index (χ1v) is 4.62. The lowest BCUT2D eigenvalue weighted by atomic mass is 10.2. The molecular formula is C7H4NO6S-. The van der Waals surface area contributed by atoms with Crippen molar-refractivity contribution in [2.24, 2.45) is 0 Å². The molecule has 0 saturated carbocycles. The molecule has 1 aromatic carbocycles. The third-order valence-corrected chi connectivity index (χ3v) is 2.28. The Labute approximate surface area is 85.8 Å². The van der Waals surface area contributed by atoms with E-state index in [9.17, 15) is 23.7 Å². The molecule has 0 saturated heterocycles. The van der Waals surface area contributed by atoms with Crippen LogP contribution in [0.15, 0.2) is 23.1 Å². The second kappa shape index (κ2) is 4.15. The summed E-state index contributed by atoms with van der Waals surface area (Å²) in [5, 5.41) is 19.1. The predicted molar refractivity (Wildman–Crippen MR) is 47.2 cm³/mol. The standard InChI is InChI=1S/C7H5NO6S/c9-7(10)4-2-1-3-5(15(13)14)6(4)8(11)12/h1-3H,(H,9,10)(H,13,14)/p-1. The number of aromatic carboxylic acids is 1. The number of carboxylic acid groups (broad SMARTS) is 1. The van der Waals surface area contributed by atoms with E-state index in [1.165, 1.54) is 0 Å². The number of para-hydroxylation sites is 1. The molecule has 0 bridgehead atoms. The largest absolute Gasteiger partial charge is 0.768 e. The second-order valence-corrected chi connectivity index (χ2v) is 3.36. The molecule has 0 aromatic heterocycles.